The van der Waals surface area contributed by atoms with E-state index in [9.17, 15) is 4.79 Å². The van der Waals surface area contributed by atoms with Crippen LogP contribution in [0.5, 0.6) is 0 Å². The Morgan fingerprint density at radius 2 is 2.23 bits per heavy atom. The third-order valence-corrected chi connectivity index (χ3v) is 1.84. The maximum absolute atomic E-state index is 10.6. The fourth-order valence-electron chi connectivity index (χ4n) is 1.15. The molecule has 2 heterocycles. The maximum atomic E-state index is 10.6. The van der Waals surface area contributed by atoms with E-state index in [0.717, 1.165) is 0 Å². The number of rotatable bonds is 2. The van der Waals surface area contributed by atoms with Crippen molar-refractivity contribution in [2.75, 3.05) is 18.0 Å². The summed E-state index contributed by atoms with van der Waals surface area (Å²) in [6, 6.07) is 0. The van der Waals surface area contributed by atoms with Crippen molar-refractivity contribution in [1.29, 1.82) is 0 Å². The summed E-state index contributed by atoms with van der Waals surface area (Å²) in [5.41, 5.74) is -0.216. The largest absolute Gasteiger partial charge is 0.476 e. The average Bonchev–Trinajstić information content (AvgIpc) is 2.45. The summed E-state index contributed by atoms with van der Waals surface area (Å²) in [7, 11) is 0. The van der Waals surface area contributed by atoms with E-state index in [1.807, 2.05) is 0 Å². The number of nitrogens with zero attached hydrogens (tertiary/aromatic N) is 3. The van der Waals surface area contributed by atoms with Crippen LogP contribution in [-0.4, -0.2) is 45.7 Å². The molecule has 1 saturated heterocycles. The Hall–Kier alpha value is -1.63. The molecule has 0 amide bonds. The first-order valence-electron chi connectivity index (χ1n) is 3.67. The van der Waals surface area contributed by atoms with Crippen molar-refractivity contribution in [1.82, 2.24) is 10.3 Å². The fraction of sp³-hybridized carbons (Fsp3) is 0.500. The van der Waals surface area contributed by atoms with Gasteiger partial charge in [-0.3, -0.25) is 0 Å². The lowest BCUT2D eigenvalue weighted by Crippen LogP contribution is -2.51. The molecule has 13 heavy (non-hydrogen) atoms. The van der Waals surface area contributed by atoms with Crippen molar-refractivity contribution in [2.24, 2.45) is 0 Å². The van der Waals surface area contributed by atoms with Gasteiger partial charge in [-0.1, -0.05) is 0 Å². The van der Waals surface area contributed by atoms with Crippen LogP contribution in [0.4, 0.5) is 5.82 Å². The summed E-state index contributed by atoms with van der Waals surface area (Å²) in [5, 5.41) is 24.3. The monoisotopic (exact) mass is 185 g/mol. The van der Waals surface area contributed by atoms with Crippen LogP contribution in [0.2, 0.25) is 0 Å². The topological polar surface area (TPSA) is 99.7 Å². The molecule has 1 aliphatic heterocycles. The highest BCUT2D eigenvalue weighted by atomic mass is 16.6. The molecule has 0 saturated carbocycles. The van der Waals surface area contributed by atoms with Gasteiger partial charge in [-0.2, -0.15) is 0 Å². The predicted molar refractivity (Wildman–Crippen MR) is 39.5 cm³/mol. The van der Waals surface area contributed by atoms with Crippen LogP contribution in [0.15, 0.2) is 4.63 Å². The second-order valence-corrected chi connectivity index (χ2v) is 2.80. The summed E-state index contributed by atoms with van der Waals surface area (Å²) in [6.07, 6.45) is -0.418. The van der Waals surface area contributed by atoms with Gasteiger partial charge >= 0.3 is 5.97 Å². The van der Waals surface area contributed by atoms with Gasteiger partial charge in [0.2, 0.25) is 11.5 Å². The highest BCUT2D eigenvalue weighted by molar-refractivity contribution is 5.90. The molecule has 1 aromatic rings. The van der Waals surface area contributed by atoms with Crippen LogP contribution in [0.3, 0.4) is 0 Å². The standard InChI is InChI=1S/C6H7N3O4/c10-3-1-9(2-3)5-4(6(11)12)7-13-8-5/h3,10H,1-2H2,(H,11,12). The van der Waals surface area contributed by atoms with Crippen LogP contribution >= 0.6 is 0 Å². The molecular weight excluding hydrogens is 178 g/mol. The van der Waals surface area contributed by atoms with Crippen molar-refractivity contribution in [3.8, 4) is 0 Å². The lowest BCUT2D eigenvalue weighted by molar-refractivity contribution is 0.0684. The minimum atomic E-state index is -1.18. The van der Waals surface area contributed by atoms with Crippen LogP contribution in [0, 0.1) is 0 Å². The number of aromatic nitrogens is 2. The number of anilines is 1. The molecule has 0 atom stereocenters. The Kier molecular flexibility index (Phi) is 1.66. The third-order valence-electron chi connectivity index (χ3n) is 1.84. The normalized spacial score (nSPS) is 17.2. The molecule has 2 N–H and O–H groups in total. The first-order chi connectivity index (χ1) is 6.18. The summed E-state index contributed by atoms with van der Waals surface area (Å²) >= 11 is 0. The van der Waals surface area contributed by atoms with Crippen LogP contribution in [-0.2, 0) is 0 Å². The number of β-amino-alcohol motifs (C(OH)–C–C–N with tert-alkyl or cyclic N) is 1. The molecule has 7 heteroatoms. The third kappa shape index (κ3) is 1.22. The zero-order valence-electron chi connectivity index (χ0n) is 6.54. The first-order valence-corrected chi connectivity index (χ1v) is 3.67. The molecule has 0 unspecified atom stereocenters. The number of aromatic carboxylic acids is 1. The Morgan fingerprint density at radius 1 is 1.54 bits per heavy atom. The van der Waals surface area contributed by atoms with Gasteiger partial charge in [0.25, 0.3) is 0 Å². The molecule has 1 aromatic heterocycles. The van der Waals surface area contributed by atoms with Gasteiger partial charge in [-0.25, -0.2) is 9.42 Å². The van der Waals surface area contributed by atoms with E-state index in [1.54, 1.807) is 4.90 Å². The Balaban J connectivity index is 2.20. The number of hydrogen-bond acceptors (Lipinski definition) is 6. The summed E-state index contributed by atoms with van der Waals surface area (Å²) in [6.45, 7) is 0.739. The average molecular weight is 185 g/mol. The van der Waals surface area contributed by atoms with Crippen molar-refractivity contribution < 1.29 is 19.6 Å². The highest BCUT2D eigenvalue weighted by Gasteiger charge is 2.31. The number of carbonyl (C=O) groups is 1. The molecule has 1 fully saturated rings. The molecule has 70 valence electrons. The van der Waals surface area contributed by atoms with Crippen LogP contribution in [0.25, 0.3) is 0 Å². The second kappa shape index (κ2) is 2.70. The number of carboxylic acid groups (broad SMARTS) is 1. The molecule has 0 bridgehead atoms. The molecule has 0 radical (unpaired) electrons. The SMILES string of the molecule is O=C(O)c1nonc1N1CC(O)C1. The molecule has 0 aromatic carbocycles. The Bertz CT molecular complexity index is 330. The van der Waals surface area contributed by atoms with E-state index in [4.69, 9.17) is 10.2 Å². The van der Waals surface area contributed by atoms with E-state index >= 15 is 0 Å². The van der Waals surface area contributed by atoms with Gasteiger partial charge in [0.05, 0.1) is 6.10 Å². The number of aliphatic hydroxyl groups excluding tert-OH is 1. The summed E-state index contributed by atoms with van der Waals surface area (Å²) in [5.74, 6) is -1.00. The van der Waals surface area contributed by atoms with E-state index in [1.165, 1.54) is 0 Å². The Morgan fingerprint density at radius 3 is 2.77 bits per heavy atom. The number of hydrogen-bond donors (Lipinski definition) is 2. The minimum absolute atomic E-state index is 0.179. The molecule has 7 nitrogen and oxygen atoms in total. The summed E-state index contributed by atoms with van der Waals surface area (Å²) in [4.78, 5) is 12.1. The smallest absolute Gasteiger partial charge is 0.362 e. The Labute approximate surface area is 72.5 Å². The molecule has 0 spiro atoms. The van der Waals surface area contributed by atoms with Gasteiger partial charge in [0.15, 0.2) is 0 Å². The lowest BCUT2D eigenvalue weighted by Gasteiger charge is -2.35. The lowest BCUT2D eigenvalue weighted by atomic mass is 10.1. The van der Waals surface area contributed by atoms with Crippen LogP contribution in [0.1, 0.15) is 10.5 Å². The zero-order chi connectivity index (χ0) is 9.42. The molecule has 2 rings (SSSR count). The van der Waals surface area contributed by atoms with Crippen LogP contribution < -0.4 is 4.90 Å². The van der Waals surface area contributed by atoms with Crippen molar-refractivity contribution in [3.05, 3.63) is 5.69 Å². The molecular formula is C6H7N3O4. The quantitative estimate of drug-likeness (QED) is 0.606. The summed E-state index contributed by atoms with van der Waals surface area (Å²) < 4.78 is 4.29. The van der Waals surface area contributed by atoms with Crippen molar-refractivity contribution >= 4 is 11.8 Å². The predicted octanol–water partition coefficient (Wildman–Crippen LogP) is -1.05. The number of aliphatic hydroxyl groups is 1. The van der Waals surface area contributed by atoms with Gasteiger partial charge in [-0.05, 0) is 10.3 Å². The van der Waals surface area contributed by atoms with Crippen molar-refractivity contribution in [2.45, 2.75) is 6.10 Å². The minimum Gasteiger partial charge on any atom is -0.476 e. The number of carboxylic acids is 1. The van der Waals surface area contributed by atoms with Crippen molar-refractivity contribution in [3.63, 3.8) is 0 Å². The van der Waals surface area contributed by atoms with E-state index < -0.39 is 12.1 Å². The maximum Gasteiger partial charge on any atom is 0.362 e. The van der Waals surface area contributed by atoms with E-state index in [2.05, 4.69) is 14.9 Å². The van der Waals surface area contributed by atoms with Gasteiger partial charge < -0.3 is 15.1 Å². The van der Waals surface area contributed by atoms with Gasteiger partial charge in [0.1, 0.15) is 0 Å². The second-order valence-electron chi connectivity index (χ2n) is 2.80. The zero-order valence-corrected chi connectivity index (χ0v) is 6.54. The molecule has 1 aliphatic rings. The van der Waals surface area contributed by atoms with Gasteiger partial charge in [0, 0.05) is 13.1 Å². The highest BCUT2D eigenvalue weighted by Crippen LogP contribution is 2.21. The van der Waals surface area contributed by atoms with E-state index in [0.29, 0.717) is 13.1 Å². The molecule has 0 aliphatic carbocycles. The van der Waals surface area contributed by atoms with Gasteiger partial charge in [-0.15, -0.1) is 0 Å². The fourth-order valence-corrected chi connectivity index (χ4v) is 1.15. The van der Waals surface area contributed by atoms with E-state index in [-0.39, 0.29) is 11.5 Å². The first kappa shape index (κ1) is 7.99.